The van der Waals surface area contributed by atoms with Crippen molar-refractivity contribution in [3.05, 3.63) is 65.7 Å². The molecular formula is C20H24N2O4. The van der Waals surface area contributed by atoms with Crippen LogP contribution in [0, 0.1) is 0 Å². The zero-order chi connectivity index (χ0) is 18.8. The lowest BCUT2D eigenvalue weighted by molar-refractivity contribution is -0.140. The van der Waals surface area contributed by atoms with Gasteiger partial charge in [-0.05, 0) is 24.6 Å². The summed E-state index contributed by atoms with van der Waals surface area (Å²) in [5, 5.41) is 12.3. The van der Waals surface area contributed by atoms with Gasteiger partial charge < -0.3 is 20.1 Å². The number of nitrogens with one attached hydrogen (secondary N) is 1. The van der Waals surface area contributed by atoms with Gasteiger partial charge in [-0.2, -0.15) is 0 Å². The fourth-order valence-electron chi connectivity index (χ4n) is 2.55. The molecule has 0 unspecified atom stereocenters. The van der Waals surface area contributed by atoms with Crippen molar-refractivity contribution in [3.8, 4) is 0 Å². The van der Waals surface area contributed by atoms with Gasteiger partial charge in [-0.25, -0.2) is 0 Å². The lowest BCUT2D eigenvalue weighted by Crippen LogP contribution is -2.33. The maximum Gasteiger partial charge on any atom is 0.325 e. The maximum atomic E-state index is 13.0. The minimum Gasteiger partial charge on any atom is -0.465 e. The summed E-state index contributed by atoms with van der Waals surface area (Å²) in [6, 6.07) is 16.6. The Morgan fingerprint density at radius 2 is 1.77 bits per heavy atom. The van der Waals surface area contributed by atoms with Crippen molar-refractivity contribution in [3.63, 3.8) is 0 Å². The van der Waals surface area contributed by atoms with Crippen LogP contribution in [0.5, 0.6) is 0 Å². The minimum atomic E-state index is -0.383. The molecule has 0 aliphatic carbocycles. The molecule has 6 nitrogen and oxygen atoms in total. The Morgan fingerprint density at radius 1 is 1.08 bits per heavy atom. The molecule has 0 heterocycles. The van der Waals surface area contributed by atoms with Crippen molar-refractivity contribution in [1.82, 2.24) is 4.90 Å². The molecule has 0 radical (unpaired) electrons. The molecule has 0 aromatic heterocycles. The molecule has 0 saturated heterocycles. The lowest BCUT2D eigenvalue weighted by Gasteiger charge is -2.23. The average molecular weight is 356 g/mol. The highest BCUT2D eigenvalue weighted by Crippen LogP contribution is 2.18. The summed E-state index contributed by atoms with van der Waals surface area (Å²) in [4.78, 5) is 26.1. The van der Waals surface area contributed by atoms with Crippen molar-refractivity contribution < 1.29 is 19.4 Å². The van der Waals surface area contributed by atoms with Crippen molar-refractivity contribution in [2.24, 2.45) is 0 Å². The first-order valence-electron chi connectivity index (χ1n) is 8.58. The number of carbonyl (C=O) groups excluding carboxylic acids is 2. The lowest BCUT2D eigenvalue weighted by atomic mass is 10.1. The van der Waals surface area contributed by atoms with Crippen molar-refractivity contribution in [1.29, 1.82) is 0 Å². The van der Waals surface area contributed by atoms with Crippen LogP contribution in [0.1, 0.15) is 22.8 Å². The molecule has 0 aliphatic heterocycles. The molecule has 6 heteroatoms. The van der Waals surface area contributed by atoms with Crippen molar-refractivity contribution in [2.45, 2.75) is 13.5 Å². The standard InChI is InChI=1S/C20H24N2O4/c1-2-26-19(24)14-21-18-11-7-6-10-17(18)20(25)22(12-13-23)15-16-8-4-3-5-9-16/h3-11,21,23H,2,12-15H2,1H3. The number of anilines is 1. The van der Waals surface area contributed by atoms with E-state index in [2.05, 4.69) is 5.32 Å². The number of para-hydroxylation sites is 1. The Kier molecular flexibility index (Phi) is 7.64. The Morgan fingerprint density at radius 3 is 2.46 bits per heavy atom. The fourth-order valence-corrected chi connectivity index (χ4v) is 2.55. The highest BCUT2D eigenvalue weighted by molar-refractivity contribution is 6.00. The van der Waals surface area contributed by atoms with Crippen LogP contribution < -0.4 is 5.32 Å². The van der Waals surface area contributed by atoms with E-state index in [-0.39, 0.29) is 31.6 Å². The van der Waals surface area contributed by atoms with Crippen LogP contribution in [-0.2, 0) is 16.1 Å². The number of carbonyl (C=O) groups is 2. The van der Waals surface area contributed by atoms with Gasteiger partial charge in [0, 0.05) is 18.8 Å². The number of hydrogen-bond acceptors (Lipinski definition) is 5. The van der Waals surface area contributed by atoms with Gasteiger partial charge in [0.15, 0.2) is 0 Å². The van der Waals surface area contributed by atoms with Crippen LogP contribution in [0.4, 0.5) is 5.69 Å². The molecule has 0 saturated carbocycles. The van der Waals surface area contributed by atoms with Crippen molar-refractivity contribution in [2.75, 3.05) is 31.6 Å². The summed E-state index contributed by atoms with van der Waals surface area (Å²) in [6.07, 6.45) is 0. The topological polar surface area (TPSA) is 78.9 Å². The molecule has 2 aromatic rings. The summed E-state index contributed by atoms with van der Waals surface area (Å²) in [6.45, 7) is 2.52. The summed E-state index contributed by atoms with van der Waals surface area (Å²) in [7, 11) is 0. The normalized spacial score (nSPS) is 10.2. The first-order chi connectivity index (χ1) is 12.7. The van der Waals surface area contributed by atoms with E-state index in [0.29, 0.717) is 24.4 Å². The first kappa shape index (κ1) is 19.5. The van der Waals surface area contributed by atoms with E-state index < -0.39 is 0 Å². The highest BCUT2D eigenvalue weighted by Gasteiger charge is 2.19. The third-order valence-electron chi connectivity index (χ3n) is 3.76. The molecule has 0 spiro atoms. The van der Waals surface area contributed by atoms with Crippen LogP contribution in [0.15, 0.2) is 54.6 Å². The van der Waals surface area contributed by atoms with Crippen LogP contribution in [0.25, 0.3) is 0 Å². The zero-order valence-corrected chi connectivity index (χ0v) is 14.9. The number of amides is 1. The smallest absolute Gasteiger partial charge is 0.325 e. The quantitative estimate of drug-likeness (QED) is 0.674. The van der Waals surface area contributed by atoms with Gasteiger partial charge in [0.1, 0.15) is 6.54 Å². The molecule has 2 rings (SSSR count). The van der Waals surface area contributed by atoms with Crippen LogP contribution in [0.3, 0.4) is 0 Å². The Hall–Kier alpha value is -2.86. The second kappa shape index (κ2) is 10.2. The van der Waals surface area contributed by atoms with Gasteiger partial charge in [0.05, 0.1) is 18.8 Å². The third-order valence-corrected chi connectivity index (χ3v) is 3.76. The number of rotatable bonds is 9. The van der Waals surface area contributed by atoms with Gasteiger partial charge in [0.2, 0.25) is 0 Å². The van der Waals surface area contributed by atoms with E-state index in [1.165, 1.54) is 0 Å². The minimum absolute atomic E-state index is 0.0170. The van der Waals surface area contributed by atoms with E-state index in [4.69, 9.17) is 4.74 Å². The molecule has 2 aromatic carbocycles. The predicted octanol–water partition coefficient (Wildman–Crippen LogP) is 2.30. The molecule has 0 fully saturated rings. The monoisotopic (exact) mass is 356 g/mol. The summed E-state index contributed by atoms with van der Waals surface area (Å²) in [5.74, 6) is -0.596. The third kappa shape index (κ3) is 5.60. The highest BCUT2D eigenvalue weighted by atomic mass is 16.5. The number of benzene rings is 2. The zero-order valence-electron chi connectivity index (χ0n) is 14.9. The molecule has 138 valence electrons. The summed E-state index contributed by atoms with van der Waals surface area (Å²) < 4.78 is 4.90. The molecule has 0 bridgehead atoms. The number of nitrogens with zero attached hydrogens (tertiary/aromatic N) is 1. The van der Waals surface area contributed by atoms with E-state index in [9.17, 15) is 14.7 Å². The van der Waals surface area contributed by atoms with E-state index >= 15 is 0 Å². The first-order valence-corrected chi connectivity index (χ1v) is 8.58. The Balaban J connectivity index is 2.16. The Labute approximate surface area is 153 Å². The van der Waals surface area contributed by atoms with Crippen LogP contribution in [0.2, 0.25) is 0 Å². The summed E-state index contributed by atoms with van der Waals surface area (Å²) >= 11 is 0. The van der Waals surface area contributed by atoms with Gasteiger partial charge in [-0.3, -0.25) is 9.59 Å². The number of ether oxygens (including phenoxy) is 1. The van der Waals surface area contributed by atoms with E-state index in [1.54, 1.807) is 36.1 Å². The average Bonchev–Trinajstić information content (AvgIpc) is 2.67. The maximum absolute atomic E-state index is 13.0. The van der Waals surface area contributed by atoms with E-state index in [0.717, 1.165) is 5.56 Å². The predicted molar refractivity (Wildman–Crippen MR) is 99.8 cm³/mol. The van der Waals surface area contributed by atoms with Crippen molar-refractivity contribution >= 4 is 17.6 Å². The second-order valence-corrected chi connectivity index (χ2v) is 5.64. The van der Waals surface area contributed by atoms with E-state index in [1.807, 2.05) is 30.3 Å². The fraction of sp³-hybridized carbons (Fsp3) is 0.300. The molecule has 0 aliphatic rings. The molecular weight excluding hydrogens is 332 g/mol. The molecule has 0 atom stereocenters. The van der Waals surface area contributed by atoms with Crippen LogP contribution in [-0.4, -0.2) is 48.2 Å². The second-order valence-electron chi connectivity index (χ2n) is 5.64. The molecule has 2 N–H and O–H groups in total. The number of hydrogen-bond donors (Lipinski definition) is 2. The Bertz CT molecular complexity index is 719. The van der Waals surface area contributed by atoms with Gasteiger partial charge in [0.25, 0.3) is 5.91 Å². The van der Waals surface area contributed by atoms with Gasteiger partial charge >= 0.3 is 5.97 Å². The number of aliphatic hydroxyl groups is 1. The molecule has 1 amide bonds. The van der Waals surface area contributed by atoms with Gasteiger partial charge in [-0.1, -0.05) is 42.5 Å². The van der Waals surface area contributed by atoms with Gasteiger partial charge in [-0.15, -0.1) is 0 Å². The molecule has 26 heavy (non-hydrogen) atoms. The van der Waals surface area contributed by atoms with Crippen LogP contribution >= 0.6 is 0 Å². The number of esters is 1. The number of aliphatic hydroxyl groups excluding tert-OH is 1. The SMILES string of the molecule is CCOC(=O)CNc1ccccc1C(=O)N(CCO)Cc1ccccc1. The largest absolute Gasteiger partial charge is 0.465 e. The summed E-state index contributed by atoms with van der Waals surface area (Å²) in [5.41, 5.74) is 1.98.